The molecule has 2 aliphatic rings. The highest BCUT2D eigenvalue weighted by atomic mass is 19.1. The molecule has 1 aromatic heterocycles. The summed E-state index contributed by atoms with van der Waals surface area (Å²) >= 11 is 0. The first-order chi connectivity index (χ1) is 13.9. The van der Waals surface area contributed by atoms with Crippen LogP contribution in [0.1, 0.15) is 32.0 Å². The fraction of sp³-hybridized carbons (Fsp3) is 0.429. The zero-order chi connectivity index (χ0) is 20.5. The number of nitrogens with zero attached hydrogens (tertiary/aromatic N) is 3. The Kier molecular flexibility index (Phi) is 5.27. The SMILES string of the molecule is CCN1CCN(c2ncc(/C=C3\C(=O)Nc4cc(F)c(OC(C)C)cc43)[nH]2)CC1. The molecule has 0 aliphatic carbocycles. The number of aromatic nitrogens is 2. The highest BCUT2D eigenvalue weighted by Gasteiger charge is 2.27. The molecule has 0 unspecified atom stereocenters. The van der Waals surface area contributed by atoms with Gasteiger partial charge >= 0.3 is 0 Å². The lowest BCUT2D eigenvalue weighted by Gasteiger charge is -2.33. The number of likely N-dealkylation sites (N-methyl/N-ethyl adjacent to an activating group) is 1. The van der Waals surface area contributed by atoms with Gasteiger partial charge < -0.3 is 24.8 Å². The van der Waals surface area contributed by atoms with Crippen LogP contribution in [-0.2, 0) is 4.79 Å². The van der Waals surface area contributed by atoms with Crippen LogP contribution < -0.4 is 15.0 Å². The fourth-order valence-corrected chi connectivity index (χ4v) is 3.67. The molecule has 1 saturated heterocycles. The molecule has 0 spiro atoms. The van der Waals surface area contributed by atoms with Crippen molar-refractivity contribution in [1.29, 1.82) is 0 Å². The Balaban J connectivity index is 1.58. The predicted molar refractivity (Wildman–Crippen MR) is 112 cm³/mol. The second-order valence-electron chi connectivity index (χ2n) is 7.59. The van der Waals surface area contributed by atoms with Crippen molar-refractivity contribution in [3.63, 3.8) is 0 Å². The van der Waals surface area contributed by atoms with Crippen LogP contribution in [0, 0.1) is 5.82 Å². The Labute approximate surface area is 169 Å². The van der Waals surface area contributed by atoms with Gasteiger partial charge in [-0.3, -0.25) is 4.79 Å². The van der Waals surface area contributed by atoms with E-state index in [1.165, 1.54) is 6.07 Å². The highest BCUT2D eigenvalue weighted by Crippen LogP contribution is 2.37. The van der Waals surface area contributed by atoms with Crippen molar-refractivity contribution in [3.8, 4) is 5.75 Å². The van der Waals surface area contributed by atoms with Gasteiger partial charge in [0.1, 0.15) is 0 Å². The maximum atomic E-state index is 14.2. The van der Waals surface area contributed by atoms with Gasteiger partial charge in [0.25, 0.3) is 5.91 Å². The number of fused-ring (bicyclic) bond motifs is 1. The Morgan fingerprint density at radius 1 is 1.28 bits per heavy atom. The molecular weight excluding hydrogens is 373 g/mol. The number of hydrogen-bond acceptors (Lipinski definition) is 5. The summed E-state index contributed by atoms with van der Waals surface area (Å²) in [7, 11) is 0. The van der Waals surface area contributed by atoms with Crippen molar-refractivity contribution in [2.75, 3.05) is 42.9 Å². The molecule has 1 aromatic carbocycles. The highest BCUT2D eigenvalue weighted by molar-refractivity contribution is 6.34. The summed E-state index contributed by atoms with van der Waals surface area (Å²) in [4.78, 5) is 24.8. The molecule has 8 heteroatoms. The van der Waals surface area contributed by atoms with Gasteiger partial charge in [0.15, 0.2) is 11.6 Å². The van der Waals surface area contributed by atoms with Crippen LogP contribution in [0.5, 0.6) is 5.75 Å². The van der Waals surface area contributed by atoms with E-state index in [-0.39, 0.29) is 17.8 Å². The number of aromatic amines is 1. The van der Waals surface area contributed by atoms with Crippen molar-refractivity contribution >= 4 is 29.2 Å². The minimum Gasteiger partial charge on any atom is -0.488 e. The Morgan fingerprint density at radius 2 is 2.03 bits per heavy atom. The number of amides is 1. The minimum absolute atomic E-state index is 0.139. The zero-order valence-corrected chi connectivity index (χ0v) is 17.0. The second-order valence-corrected chi connectivity index (χ2v) is 7.59. The van der Waals surface area contributed by atoms with E-state index in [2.05, 4.69) is 32.0 Å². The predicted octanol–water partition coefficient (Wildman–Crippen LogP) is 2.97. The molecule has 7 nitrogen and oxygen atoms in total. The number of imidazole rings is 1. The largest absolute Gasteiger partial charge is 0.488 e. The van der Waals surface area contributed by atoms with E-state index < -0.39 is 5.82 Å². The van der Waals surface area contributed by atoms with Crippen LogP contribution in [0.4, 0.5) is 16.0 Å². The number of halogens is 1. The molecule has 1 fully saturated rings. The topological polar surface area (TPSA) is 73.5 Å². The lowest BCUT2D eigenvalue weighted by Crippen LogP contribution is -2.46. The average molecular weight is 399 g/mol. The van der Waals surface area contributed by atoms with E-state index in [4.69, 9.17) is 4.74 Å². The van der Waals surface area contributed by atoms with E-state index in [1.807, 2.05) is 13.8 Å². The molecule has 29 heavy (non-hydrogen) atoms. The first kappa shape index (κ1) is 19.4. The molecular formula is C21H26FN5O2. The molecule has 2 aliphatic heterocycles. The van der Waals surface area contributed by atoms with Crippen LogP contribution in [0.3, 0.4) is 0 Å². The Hall–Kier alpha value is -2.87. The first-order valence-corrected chi connectivity index (χ1v) is 10.0. The Morgan fingerprint density at radius 3 is 2.72 bits per heavy atom. The molecule has 0 bridgehead atoms. The third-order valence-corrected chi connectivity index (χ3v) is 5.22. The van der Waals surface area contributed by atoms with Crippen LogP contribution >= 0.6 is 0 Å². The van der Waals surface area contributed by atoms with Gasteiger partial charge in [-0.2, -0.15) is 0 Å². The second kappa shape index (κ2) is 7.87. The molecule has 4 rings (SSSR count). The Bertz CT molecular complexity index is 945. The lowest BCUT2D eigenvalue weighted by atomic mass is 10.1. The third-order valence-electron chi connectivity index (χ3n) is 5.22. The number of carbonyl (C=O) groups is 1. The number of carbonyl (C=O) groups excluding carboxylic acids is 1. The number of rotatable bonds is 5. The summed E-state index contributed by atoms with van der Waals surface area (Å²) in [5.74, 6) is 0.178. The monoisotopic (exact) mass is 399 g/mol. The molecule has 3 heterocycles. The van der Waals surface area contributed by atoms with E-state index >= 15 is 0 Å². The molecule has 2 N–H and O–H groups in total. The quantitative estimate of drug-likeness (QED) is 0.757. The number of anilines is 2. The summed E-state index contributed by atoms with van der Waals surface area (Å²) < 4.78 is 19.8. The van der Waals surface area contributed by atoms with Gasteiger partial charge in [-0.1, -0.05) is 6.92 Å². The fourth-order valence-electron chi connectivity index (χ4n) is 3.67. The summed E-state index contributed by atoms with van der Waals surface area (Å²) in [5, 5.41) is 2.72. The average Bonchev–Trinajstić information content (AvgIpc) is 3.27. The molecule has 154 valence electrons. The van der Waals surface area contributed by atoms with Gasteiger partial charge in [-0.05, 0) is 32.5 Å². The van der Waals surface area contributed by atoms with E-state index in [9.17, 15) is 9.18 Å². The van der Waals surface area contributed by atoms with Gasteiger partial charge in [0.05, 0.1) is 29.3 Å². The van der Waals surface area contributed by atoms with Crippen molar-refractivity contribution in [2.45, 2.75) is 26.9 Å². The van der Waals surface area contributed by atoms with Gasteiger partial charge in [0.2, 0.25) is 5.95 Å². The molecule has 0 saturated carbocycles. The summed E-state index contributed by atoms with van der Waals surface area (Å²) in [6.45, 7) is 10.7. The van der Waals surface area contributed by atoms with Crippen LogP contribution in [-0.4, -0.2) is 59.6 Å². The summed E-state index contributed by atoms with van der Waals surface area (Å²) in [5.41, 5.74) is 2.26. The lowest BCUT2D eigenvalue weighted by molar-refractivity contribution is -0.110. The van der Waals surface area contributed by atoms with Crippen molar-refractivity contribution in [2.24, 2.45) is 0 Å². The molecule has 0 radical (unpaired) electrons. The van der Waals surface area contributed by atoms with Gasteiger partial charge in [-0.25, -0.2) is 9.37 Å². The molecule has 1 amide bonds. The minimum atomic E-state index is -0.492. The standard InChI is InChI=1S/C21H26FN5O2/c1-4-26-5-7-27(8-6-26)21-23-12-14(24-21)9-16-15-10-19(29-13(2)3)17(22)11-18(15)25-20(16)28/h9-13H,4-8H2,1-3H3,(H,23,24)(H,25,28)/b16-9-. The van der Waals surface area contributed by atoms with Crippen LogP contribution in [0.25, 0.3) is 11.6 Å². The summed E-state index contributed by atoms with van der Waals surface area (Å²) in [6, 6.07) is 2.88. The number of H-pyrrole nitrogens is 1. The number of hydrogen-bond donors (Lipinski definition) is 2. The van der Waals surface area contributed by atoms with Crippen molar-refractivity contribution in [3.05, 3.63) is 35.4 Å². The van der Waals surface area contributed by atoms with E-state index in [0.717, 1.165) is 44.4 Å². The maximum Gasteiger partial charge on any atom is 0.256 e. The van der Waals surface area contributed by atoms with E-state index in [1.54, 1.807) is 18.3 Å². The number of benzene rings is 1. The van der Waals surface area contributed by atoms with E-state index in [0.29, 0.717) is 16.8 Å². The summed E-state index contributed by atoms with van der Waals surface area (Å²) in [6.07, 6.45) is 3.30. The first-order valence-electron chi connectivity index (χ1n) is 10.0. The maximum absolute atomic E-state index is 14.2. The number of nitrogens with one attached hydrogen (secondary N) is 2. The van der Waals surface area contributed by atoms with Crippen LogP contribution in [0.2, 0.25) is 0 Å². The van der Waals surface area contributed by atoms with Gasteiger partial charge in [-0.15, -0.1) is 0 Å². The molecule has 0 atom stereocenters. The van der Waals surface area contributed by atoms with Crippen molar-refractivity contribution < 1.29 is 13.9 Å². The van der Waals surface area contributed by atoms with Gasteiger partial charge in [0, 0.05) is 37.8 Å². The zero-order valence-electron chi connectivity index (χ0n) is 17.0. The molecule has 2 aromatic rings. The smallest absolute Gasteiger partial charge is 0.256 e. The van der Waals surface area contributed by atoms with Crippen LogP contribution in [0.15, 0.2) is 18.3 Å². The normalized spacial score (nSPS) is 18.4. The third kappa shape index (κ3) is 3.98. The number of ether oxygens (including phenoxy) is 1. The number of piperazine rings is 1. The van der Waals surface area contributed by atoms with Crippen molar-refractivity contribution in [1.82, 2.24) is 14.9 Å².